The highest BCUT2D eigenvalue weighted by atomic mass is 19.1. The van der Waals surface area contributed by atoms with Crippen molar-refractivity contribution in [2.75, 3.05) is 13.1 Å². The molecule has 3 rings (SSSR count). The summed E-state index contributed by atoms with van der Waals surface area (Å²) in [5, 5.41) is 7.29. The van der Waals surface area contributed by atoms with Gasteiger partial charge in [0.15, 0.2) is 0 Å². The van der Waals surface area contributed by atoms with Crippen molar-refractivity contribution in [3.63, 3.8) is 0 Å². The van der Waals surface area contributed by atoms with Gasteiger partial charge in [-0.15, -0.1) is 0 Å². The van der Waals surface area contributed by atoms with Crippen molar-refractivity contribution in [2.24, 2.45) is 0 Å². The van der Waals surface area contributed by atoms with Crippen molar-refractivity contribution in [1.29, 1.82) is 0 Å². The summed E-state index contributed by atoms with van der Waals surface area (Å²) in [5.74, 6) is 0.358. The summed E-state index contributed by atoms with van der Waals surface area (Å²) in [4.78, 5) is 2.46. The third kappa shape index (κ3) is 2.61. The van der Waals surface area contributed by atoms with Crippen LogP contribution in [0.5, 0.6) is 0 Å². The first-order valence-electron chi connectivity index (χ1n) is 7.11. The Morgan fingerprint density at radius 3 is 2.70 bits per heavy atom. The van der Waals surface area contributed by atoms with Gasteiger partial charge >= 0.3 is 0 Å². The Kier molecular flexibility index (Phi) is 3.57. The number of nitrogens with one attached hydrogen (secondary N) is 1. The fourth-order valence-electron chi connectivity index (χ4n) is 3.01. The number of aromatic nitrogens is 2. The summed E-state index contributed by atoms with van der Waals surface area (Å²) in [6.45, 7) is 7.20. The maximum atomic E-state index is 13.0. The summed E-state index contributed by atoms with van der Waals surface area (Å²) in [5.41, 5.74) is 4.81. The van der Waals surface area contributed by atoms with Crippen LogP contribution in [0.15, 0.2) is 24.3 Å². The van der Waals surface area contributed by atoms with Gasteiger partial charge in [-0.05, 0) is 50.4 Å². The lowest BCUT2D eigenvalue weighted by Gasteiger charge is -2.16. The highest BCUT2D eigenvalue weighted by Gasteiger charge is 2.24. The molecule has 2 aromatic rings. The molecule has 1 fully saturated rings. The van der Waals surface area contributed by atoms with Crippen LogP contribution in [0.25, 0.3) is 0 Å². The highest BCUT2D eigenvalue weighted by Crippen LogP contribution is 2.28. The second-order valence-corrected chi connectivity index (χ2v) is 5.68. The summed E-state index contributed by atoms with van der Waals surface area (Å²) in [6, 6.07) is 6.94. The number of hydrogen-bond acceptors (Lipinski definition) is 2. The van der Waals surface area contributed by atoms with Gasteiger partial charge < -0.3 is 0 Å². The van der Waals surface area contributed by atoms with Crippen molar-refractivity contribution in [3.8, 4) is 0 Å². The lowest BCUT2D eigenvalue weighted by Crippen LogP contribution is -2.20. The minimum Gasteiger partial charge on any atom is -0.298 e. The molecule has 1 aliphatic heterocycles. The van der Waals surface area contributed by atoms with E-state index in [-0.39, 0.29) is 5.82 Å². The third-order valence-electron chi connectivity index (χ3n) is 4.28. The molecule has 3 nitrogen and oxygen atoms in total. The molecule has 0 unspecified atom stereocenters. The SMILES string of the molecule is Cc1n[nH]c(C)c1CN1CC[C@@H](c2ccc(F)cc2)C1. The van der Waals surface area contributed by atoms with Crippen LogP contribution in [-0.2, 0) is 6.54 Å². The summed E-state index contributed by atoms with van der Waals surface area (Å²) in [6.07, 6.45) is 1.14. The van der Waals surface area contributed by atoms with Gasteiger partial charge in [-0.3, -0.25) is 10.00 Å². The lowest BCUT2D eigenvalue weighted by atomic mass is 9.99. The molecule has 0 radical (unpaired) electrons. The Hall–Kier alpha value is -1.68. The van der Waals surface area contributed by atoms with E-state index in [4.69, 9.17) is 0 Å². The van der Waals surface area contributed by atoms with E-state index in [9.17, 15) is 4.39 Å². The number of benzene rings is 1. The van der Waals surface area contributed by atoms with E-state index >= 15 is 0 Å². The first-order chi connectivity index (χ1) is 9.63. The van der Waals surface area contributed by atoms with Gasteiger partial charge in [0.05, 0.1) is 5.69 Å². The smallest absolute Gasteiger partial charge is 0.123 e. The maximum Gasteiger partial charge on any atom is 0.123 e. The Labute approximate surface area is 118 Å². The normalized spacial score (nSPS) is 19.6. The average molecular weight is 273 g/mol. The van der Waals surface area contributed by atoms with Crippen molar-refractivity contribution in [3.05, 3.63) is 52.6 Å². The predicted octanol–water partition coefficient (Wildman–Crippen LogP) is 3.16. The molecule has 2 heterocycles. The number of H-pyrrole nitrogens is 1. The number of rotatable bonds is 3. The van der Waals surface area contributed by atoms with Gasteiger partial charge in [0.1, 0.15) is 5.82 Å². The zero-order valence-electron chi connectivity index (χ0n) is 12.0. The molecule has 106 valence electrons. The minimum absolute atomic E-state index is 0.159. The van der Waals surface area contributed by atoms with Gasteiger partial charge in [-0.1, -0.05) is 12.1 Å². The van der Waals surface area contributed by atoms with Gasteiger partial charge in [-0.25, -0.2) is 4.39 Å². The van der Waals surface area contributed by atoms with E-state index in [1.54, 1.807) is 12.1 Å². The Morgan fingerprint density at radius 2 is 2.05 bits per heavy atom. The van der Waals surface area contributed by atoms with Crippen LogP contribution in [0.2, 0.25) is 0 Å². The van der Waals surface area contributed by atoms with Gasteiger partial charge in [0.2, 0.25) is 0 Å². The second kappa shape index (κ2) is 5.37. The van der Waals surface area contributed by atoms with Crippen molar-refractivity contribution >= 4 is 0 Å². The van der Waals surface area contributed by atoms with Crippen molar-refractivity contribution in [2.45, 2.75) is 32.7 Å². The molecule has 0 aliphatic carbocycles. The largest absolute Gasteiger partial charge is 0.298 e. The molecular weight excluding hydrogens is 253 g/mol. The van der Waals surface area contributed by atoms with Crippen LogP contribution < -0.4 is 0 Å². The van der Waals surface area contributed by atoms with Gasteiger partial charge in [0.25, 0.3) is 0 Å². The van der Waals surface area contributed by atoms with E-state index in [0.29, 0.717) is 5.92 Å². The van der Waals surface area contributed by atoms with E-state index in [2.05, 4.69) is 22.0 Å². The molecule has 0 amide bonds. The van der Waals surface area contributed by atoms with Crippen molar-refractivity contribution in [1.82, 2.24) is 15.1 Å². The van der Waals surface area contributed by atoms with Crippen LogP contribution in [0.1, 0.15) is 34.9 Å². The van der Waals surface area contributed by atoms with Crippen LogP contribution in [0.3, 0.4) is 0 Å². The van der Waals surface area contributed by atoms with Crippen LogP contribution in [0, 0.1) is 19.7 Å². The van der Waals surface area contributed by atoms with E-state index in [1.807, 2.05) is 19.1 Å². The molecule has 1 aromatic carbocycles. The molecule has 20 heavy (non-hydrogen) atoms. The minimum atomic E-state index is -0.159. The molecule has 1 atom stereocenters. The number of halogens is 1. The van der Waals surface area contributed by atoms with Gasteiger partial charge in [-0.2, -0.15) is 5.10 Å². The molecule has 0 spiro atoms. The zero-order chi connectivity index (χ0) is 14.1. The Morgan fingerprint density at radius 1 is 1.30 bits per heavy atom. The fourth-order valence-corrected chi connectivity index (χ4v) is 3.01. The van der Waals surface area contributed by atoms with Crippen molar-refractivity contribution < 1.29 is 4.39 Å². The molecule has 0 saturated carbocycles. The van der Waals surface area contributed by atoms with Crippen LogP contribution in [0.4, 0.5) is 4.39 Å². The molecule has 1 N–H and O–H groups in total. The number of hydrogen-bond donors (Lipinski definition) is 1. The number of nitrogens with zero attached hydrogens (tertiary/aromatic N) is 2. The standard InChI is InChI=1S/C16H20FN3/c1-11-16(12(2)19-18-11)10-20-8-7-14(9-20)13-3-5-15(17)6-4-13/h3-6,14H,7-10H2,1-2H3,(H,18,19)/t14-/m1/s1. The van der Waals surface area contributed by atoms with E-state index in [1.165, 1.54) is 11.1 Å². The predicted molar refractivity (Wildman–Crippen MR) is 77.1 cm³/mol. The van der Waals surface area contributed by atoms with E-state index < -0.39 is 0 Å². The Bertz CT molecular complexity index is 569. The molecule has 1 aliphatic rings. The fraction of sp³-hybridized carbons (Fsp3) is 0.438. The topological polar surface area (TPSA) is 31.9 Å². The molecule has 4 heteroatoms. The molecule has 0 bridgehead atoms. The molecular formula is C16H20FN3. The van der Waals surface area contributed by atoms with Crippen LogP contribution >= 0.6 is 0 Å². The molecule has 1 aromatic heterocycles. The average Bonchev–Trinajstić information content (AvgIpc) is 3.02. The molecule has 1 saturated heterocycles. The second-order valence-electron chi connectivity index (χ2n) is 5.68. The quantitative estimate of drug-likeness (QED) is 0.931. The number of aromatic amines is 1. The van der Waals surface area contributed by atoms with Gasteiger partial charge in [0, 0.05) is 24.3 Å². The highest BCUT2D eigenvalue weighted by molar-refractivity contribution is 5.25. The van der Waals surface area contributed by atoms with Crippen LogP contribution in [-0.4, -0.2) is 28.2 Å². The maximum absolute atomic E-state index is 13.0. The van der Waals surface area contributed by atoms with E-state index in [0.717, 1.165) is 37.4 Å². The summed E-state index contributed by atoms with van der Waals surface area (Å²) >= 11 is 0. The zero-order valence-corrected chi connectivity index (χ0v) is 12.0. The first-order valence-corrected chi connectivity index (χ1v) is 7.11. The number of likely N-dealkylation sites (tertiary alicyclic amines) is 1. The summed E-state index contributed by atoms with van der Waals surface area (Å²) in [7, 11) is 0. The third-order valence-corrected chi connectivity index (χ3v) is 4.28. The lowest BCUT2D eigenvalue weighted by molar-refractivity contribution is 0.325. The monoisotopic (exact) mass is 273 g/mol. The first kappa shape index (κ1) is 13.3. The Balaban J connectivity index is 1.66. The summed E-state index contributed by atoms with van der Waals surface area (Å²) < 4.78 is 13.0. The number of aryl methyl sites for hydroxylation is 2.